The summed E-state index contributed by atoms with van der Waals surface area (Å²) in [6.07, 6.45) is 0. The number of benzene rings is 7. The number of hydrogen-bond donors (Lipinski definition) is 0. The van der Waals surface area contributed by atoms with Gasteiger partial charge in [-0.15, -0.1) is 0 Å². The fraction of sp³-hybridized carbons (Fsp3) is 0.222. The number of para-hydroxylation sites is 1. The molecule has 2 nitrogen and oxygen atoms in total. The number of nitrogens with zero attached hydrogens (tertiary/aromatic N) is 2. The van der Waals surface area contributed by atoms with Crippen molar-refractivity contribution in [3.8, 4) is 22.3 Å². The molecule has 3 heteroatoms. The van der Waals surface area contributed by atoms with Crippen LogP contribution < -0.4 is 26.2 Å². The van der Waals surface area contributed by atoms with Gasteiger partial charge in [0, 0.05) is 39.6 Å². The molecule has 282 valence electrons. The first kappa shape index (κ1) is 36.8. The van der Waals surface area contributed by atoms with E-state index in [0.29, 0.717) is 0 Å². The summed E-state index contributed by atoms with van der Waals surface area (Å²) in [5, 5.41) is 0. The molecule has 2 aliphatic rings. The first-order valence-corrected chi connectivity index (χ1v) is 20.6. The SMILES string of the molecule is CC(C)(C)c1ccc(N2c3ccc(C(C)(C)C)cc3B3c4cc(C(C)(C)C)ccc4N(c4c(-c5ccccc5)cccc4-c4ccccc4)c4cccc2c43)cc1. The van der Waals surface area contributed by atoms with Crippen molar-refractivity contribution in [3.05, 3.63) is 174 Å². The Kier molecular flexibility index (Phi) is 8.66. The number of rotatable bonds is 4. The van der Waals surface area contributed by atoms with Crippen LogP contribution in [0.3, 0.4) is 0 Å². The van der Waals surface area contributed by atoms with Gasteiger partial charge in [0.05, 0.1) is 5.69 Å². The zero-order valence-corrected chi connectivity index (χ0v) is 35.0. The van der Waals surface area contributed by atoms with Crippen molar-refractivity contribution in [1.82, 2.24) is 0 Å². The Morgan fingerprint density at radius 3 is 1.26 bits per heavy atom. The third kappa shape index (κ3) is 6.29. The van der Waals surface area contributed by atoms with Gasteiger partial charge in [0.25, 0.3) is 6.71 Å². The highest BCUT2D eigenvalue weighted by atomic mass is 15.2. The minimum atomic E-state index is -0.0254. The van der Waals surface area contributed by atoms with Crippen LogP contribution in [0.2, 0.25) is 0 Å². The predicted molar refractivity (Wildman–Crippen MR) is 247 cm³/mol. The minimum absolute atomic E-state index is 0.00991. The molecule has 0 spiro atoms. The standard InChI is InChI=1S/C54H53BN2/c1-52(2,3)38-26-30-41(31-27-38)56-46-32-28-39(53(4,5)6)34-44(46)55-45-35-40(54(7,8)9)29-33-47(45)57(49-25-17-24-48(56)50(49)55)51-42(36-18-12-10-13-19-36)22-16-23-43(51)37-20-14-11-15-21-37/h10-35H,1-9H3. The average Bonchev–Trinajstić information content (AvgIpc) is 3.20. The third-order valence-corrected chi connectivity index (χ3v) is 12.1. The molecule has 57 heavy (non-hydrogen) atoms. The second-order valence-electron chi connectivity index (χ2n) is 19.1. The van der Waals surface area contributed by atoms with Gasteiger partial charge in [-0.2, -0.15) is 0 Å². The van der Waals surface area contributed by atoms with Gasteiger partial charge < -0.3 is 9.80 Å². The topological polar surface area (TPSA) is 6.48 Å². The normalized spacial score (nSPS) is 13.6. The van der Waals surface area contributed by atoms with Gasteiger partial charge in [0.15, 0.2) is 0 Å². The highest BCUT2D eigenvalue weighted by Gasteiger charge is 2.44. The molecule has 0 fully saturated rings. The summed E-state index contributed by atoms with van der Waals surface area (Å²) in [5.74, 6) is 0. The van der Waals surface area contributed by atoms with Crippen LogP contribution in [0.4, 0.5) is 34.1 Å². The molecular formula is C54H53BN2. The lowest BCUT2D eigenvalue weighted by Crippen LogP contribution is -2.61. The van der Waals surface area contributed by atoms with Gasteiger partial charge in [-0.3, -0.25) is 0 Å². The van der Waals surface area contributed by atoms with Crippen molar-refractivity contribution in [1.29, 1.82) is 0 Å². The quantitative estimate of drug-likeness (QED) is 0.166. The molecule has 7 aromatic rings. The third-order valence-electron chi connectivity index (χ3n) is 12.1. The Balaban J connectivity index is 1.40. The van der Waals surface area contributed by atoms with E-state index in [1.165, 1.54) is 89.5 Å². The lowest BCUT2D eigenvalue weighted by molar-refractivity contribution is 0.590. The van der Waals surface area contributed by atoms with Crippen LogP contribution in [0.25, 0.3) is 22.3 Å². The summed E-state index contributed by atoms with van der Waals surface area (Å²) in [5.41, 5.74) is 20.2. The van der Waals surface area contributed by atoms with E-state index in [1.54, 1.807) is 0 Å². The van der Waals surface area contributed by atoms with Crippen LogP contribution in [-0.4, -0.2) is 6.71 Å². The molecule has 0 amide bonds. The molecule has 0 radical (unpaired) electrons. The van der Waals surface area contributed by atoms with Crippen molar-refractivity contribution in [2.45, 2.75) is 78.6 Å². The average molecular weight is 741 g/mol. The van der Waals surface area contributed by atoms with Crippen LogP contribution in [0.5, 0.6) is 0 Å². The Morgan fingerprint density at radius 2 is 0.789 bits per heavy atom. The summed E-state index contributed by atoms with van der Waals surface area (Å²) < 4.78 is 0. The van der Waals surface area contributed by atoms with Gasteiger partial charge in [-0.05, 0) is 96.8 Å². The summed E-state index contributed by atoms with van der Waals surface area (Å²) >= 11 is 0. The van der Waals surface area contributed by atoms with Gasteiger partial charge in [0.2, 0.25) is 0 Å². The summed E-state index contributed by atoms with van der Waals surface area (Å²) in [6.45, 7) is 20.9. The van der Waals surface area contributed by atoms with E-state index >= 15 is 0 Å². The smallest absolute Gasteiger partial charge is 0.252 e. The Morgan fingerprint density at radius 1 is 0.368 bits per heavy atom. The lowest BCUT2D eigenvalue weighted by Gasteiger charge is -2.45. The second-order valence-corrected chi connectivity index (χ2v) is 19.1. The Hall–Kier alpha value is -5.80. The minimum Gasteiger partial charge on any atom is -0.311 e. The van der Waals surface area contributed by atoms with Crippen molar-refractivity contribution in [3.63, 3.8) is 0 Å². The number of anilines is 6. The fourth-order valence-electron chi connectivity index (χ4n) is 8.99. The monoisotopic (exact) mass is 740 g/mol. The molecule has 0 N–H and O–H groups in total. The zero-order chi connectivity index (χ0) is 39.9. The van der Waals surface area contributed by atoms with E-state index in [1.807, 2.05) is 0 Å². The molecule has 0 bridgehead atoms. The lowest BCUT2D eigenvalue weighted by atomic mass is 9.33. The maximum Gasteiger partial charge on any atom is 0.252 e. The zero-order valence-electron chi connectivity index (χ0n) is 35.0. The predicted octanol–water partition coefficient (Wildman–Crippen LogP) is 13.0. The largest absolute Gasteiger partial charge is 0.311 e. The van der Waals surface area contributed by atoms with Crippen LogP contribution in [0.15, 0.2) is 158 Å². The van der Waals surface area contributed by atoms with E-state index in [4.69, 9.17) is 0 Å². The number of fused-ring (bicyclic) bond motifs is 4. The molecule has 2 heterocycles. The number of hydrogen-bond acceptors (Lipinski definition) is 2. The van der Waals surface area contributed by atoms with Gasteiger partial charge in [-0.1, -0.05) is 184 Å². The maximum atomic E-state index is 2.60. The summed E-state index contributed by atoms with van der Waals surface area (Å²) in [7, 11) is 0. The molecule has 0 aliphatic carbocycles. The Labute approximate surface area is 340 Å². The highest BCUT2D eigenvalue weighted by Crippen LogP contribution is 2.50. The second kappa shape index (κ2) is 13.4. The van der Waals surface area contributed by atoms with Crippen molar-refractivity contribution in [2.24, 2.45) is 0 Å². The van der Waals surface area contributed by atoms with E-state index in [2.05, 4.69) is 230 Å². The Bertz CT molecular complexity index is 2560. The van der Waals surface area contributed by atoms with Crippen LogP contribution in [0, 0.1) is 0 Å². The van der Waals surface area contributed by atoms with E-state index in [9.17, 15) is 0 Å². The van der Waals surface area contributed by atoms with E-state index in [-0.39, 0.29) is 23.0 Å². The molecule has 0 aromatic heterocycles. The molecule has 2 aliphatic heterocycles. The summed E-state index contributed by atoms with van der Waals surface area (Å²) in [4.78, 5) is 5.13. The van der Waals surface area contributed by atoms with E-state index < -0.39 is 0 Å². The maximum absolute atomic E-state index is 2.60. The highest BCUT2D eigenvalue weighted by molar-refractivity contribution is 7.00. The van der Waals surface area contributed by atoms with Crippen molar-refractivity contribution >= 4 is 57.2 Å². The van der Waals surface area contributed by atoms with Crippen molar-refractivity contribution in [2.75, 3.05) is 9.80 Å². The van der Waals surface area contributed by atoms with Crippen LogP contribution in [0.1, 0.15) is 79.0 Å². The molecular weight excluding hydrogens is 687 g/mol. The van der Waals surface area contributed by atoms with Gasteiger partial charge in [-0.25, -0.2) is 0 Å². The fourth-order valence-corrected chi connectivity index (χ4v) is 8.99. The molecule has 9 rings (SSSR count). The molecule has 0 saturated heterocycles. The molecule has 0 unspecified atom stereocenters. The molecule has 7 aromatic carbocycles. The van der Waals surface area contributed by atoms with Crippen LogP contribution in [-0.2, 0) is 16.2 Å². The van der Waals surface area contributed by atoms with Gasteiger partial charge in [0.1, 0.15) is 0 Å². The molecule has 0 saturated carbocycles. The molecule has 0 atom stereocenters. The first-order chi connectivity index (χ1) is 27.2. The first-order valence-electron chi connectivity index (χ1n) is 20.6. The van der Waals surface area contributed by atoms with E-state index in [0.717, 1.165) is 0 Å². The van der Waals surface area contributed by atoms with Crippen LogP contribution >= 0.6 is 0 Å². The van der Waals surface area contributed by atoms with Crippen molar-refractivity contribution < 1.29 is 0 Å². The summed E-state index contributed by atoms with van der Waals surface area (Å²) in [6, 6.07) is 59.5. The van der Waals surface area contributed by atoms with Gasteiger partial charge >= 0.3 is 0 Å².